The van der Waals surface area contributed by atoms with Crippen LogP contribution in [-0.4, -0.2) is 25.7 Å². The first-order valence-corrected chi connectivity index (χ1v) is 5.72. The minimum atomic E-state index is 0.104. The normalized spacial score (nSPS) is 20.6. The topological polar surface area (TPSA) is 64.1 Å². The van der Waals surface area contributed by atoms with E-state index >= 15 is 0 Å². The van der Waals surface area contributed by atoms with Gasteiger partial charge in [0.15, 0.2) is 0 Å². The number of nitrogens with one attached hydrogen (secondary N) is 1. The molecule has 0 bridgehead atoms. The van der Waals surface area contributed by atoms with Gasteiger partial charge in [-0.1, -0.05) is 20.3 Å². The number of nitrogens with two attached hydrogens (primary N) is 2. The fourth-order valence-corrected chi connectivity index (χ4v) is 2.00. The molecule has 0 aromatic heterocycles. The summed E-state index contributed by atoms with van der Waals surface area (Å²) in [6, 6.07) is 0.104. The Morgan fingerprint density at radius 3 is 2.50 bits per heavy atom. The van der Waals surface area contributed by atoms with E-state index in [-0.39, 0.29) is 6.04 Å². The Morgan fingerprint density at radius 2 is 2.07 bits per heavy atom. The molecule has 0 heterocycles. The van der Waals surface area contributed by atoms with Gasteiger partial charge in [0.1, 0.15) is 0 Å². The smallest absolute Gasteiger partial charge is 0.0290 e. The van der Waals surface area contributed by atoms with E-state index in [0.29, 0.717) is 12.0 Å². The molecule has 1 saturated carbocycles. The molecule has 0 aliphatic heterocycles. The highest BCUT2D eigenvalue weighted by Crippen LogP contribution is 2.40. The van der Waals surface area contributed by atoms with Gasteiger partial charge in [-0.25, -0.2) is 0 Å². The third-order valence-corrected chi connectivity index (χ3v) is 3.50. The third-order valence-electron chi connectivity index (χ3n) is 3.50. The molecule has 14 heavy (non-hydrogen) atoms. The predicted molar refractivity (Wildman–Crippen MR) is 61.0 cm³/mol. The van der Waals surface area contributed by atoms with Crippen LogP contribution in [0.4, 0.5) is 0 Å². The van der Waals surface area contributed by atoms with Crippen LogP contribution in [0.2, 0.25) is 0 Å². The molecule has 3 nitrogen and oxygen atoms in total. The van der Waals surface area contributed by atoms with Gasteiger partial charge in [0.25, 0.3) is 0 Å². The summed E-state index contributed by atoms with van der Waals surface area (Å²) in [7, 11) is 0. The van der Waals surface area contributed by atoms with Gasteiger partial charge in [0.05, 0.1) is 0 Å². The maximum Gasteiger partial charge on any atom is 0.0290 e. The molecule has 0 saturated heterocycles. The molecule has 5 N–H and O–H groups in total. The SMILES string of the molecule is CC(C)(CNCC(N)CN)C1CCC1. The van der Waals surface area contributed by atoms with Crippen LogP contribution in [0, 0.1) is 11.3 Å². The van der Waals surface area contributed by atoms with E-state index in [1.165, 1.54) is 19.3 Å². The molecule has 0 radical (unpaired) electrons. The lowest BCUT2D eigenvalue weighted by molar-refractivity contribution is 0.119. The summed E-state index contributed by atoms with van der Waals surface area (Å²) < 4.78 is 0. The van der Waals surface area contributed by atoms with Crippen molar-refractivity contribution in [2.75, 3.05) is 19.6 Å². The summed E-state index contributed by atoms with van der Waals surface area (Å²) in [5.74, 6) is 0.907. The van der Waals surface area contributed by atoms with Crippen LogP contribution >= 0.6 is 0 Å². The molecule has 0 spiro atoms. The van der Waals surface area contributed by atoms with Gasteiger partial charge in [-0.2, -0.15) is 0 Å². The van der Waals surface area contributed by atoms with Crippen LogP contribution in [0.25, 0.3) is 0 Å². The van der Waals surface area contributed by atoms with Crippen molar-refractivity contribution in [3.63, 3.8) is 0 Å². The van der Waals surface area contributed by atoms with Crippen molar-refractivity contribution in [3.05, 3.63) is 0 Å². The Bertz CT molecular complexity index is 164. The third kappa shape index (κ3) is 3.23. The van der Waals surface area contributed by atoms with Gasteiger partial charge in [0.2, 0.25) is 0 Å². The maximum absolute atomic E-state index is 5.74. The van der Waals surface area contributed by atoms with Crippen molar-refractivity contribution < 1.29 is 0 Å². The zero-order chi connectivity index (χ0) is 10.6. The molecule has 3 heteroatoms. The van der Waals surface area contributed by atoms with Crippen molar-refractivity contribution in [2.24, 2.45) is 22.8 Å². The van der Waals surface area contributed by atoms with Crippen LogP contribution < -0.4 is 16.8 Å². The Kier molecular flexibility index (Phi) is 4.35. The average Bonchev–Trinajstić information content (AvgIpc) is 1.99. The van der Waals surface area contributed by atoms with Crippen molar-refractivity contribution in [3.8, 4) is 0 Å². The van der Waals surface area contributed by atoms with Gasteiger partial charge in [-0.15, -0.1) is 0 Å². The molecular weight excluding hydrogens is 174 g/mol. The Labute approximate surface area is 87.6 Å². The van der Waals surface area contributed by atoms with Crippen LogP contribution in [0.3, 0.4) is 0 Å². The first kappa shape index (κ1) is 12.0. The van der Waals surface area contributed by atoms with Gasteiger partial charge in [0, 0.05) is 25.7 Å². The summed E-state index contributed by atoms with van der Waals surface area (Å²) >= 11 is 0. The quantitative estimate of drug-likeness (QED) is 0.590. The number of hydrogen-bond donors (Lipinski definition) is 3. The molecule has 0 aromatic carbocycles. The van der Waals surface area contributed by atoms with Gasteiger partial charge in [-0.05, 0) is 24.2 Å². The van der Waals surface area contributed by atoms with Crippen LogP contribution in [-0.2, 0) is 0 Å². The molecule has 1 aliphatic carbocycles. The standard InChI is InChI=1S/C11H25N3/c1-11(2,9-4-3-5-9)8-14-7-10(13)6-12/h9-10,14H,3-8,12-13H2,1-2H3. The zero-order valence-electron chi connectivity index (χ0n) is 9.55. The summed E-state index contributed by atoms with van der Waals surface area (Å²) in [6.45, 7) is 7.16. The maximum atomic E-state index is 5.74. The lowest BCUT2D eigenvalue weighted by Crippen LogP contribution is -2.45. The predicted octanol–water partition coefficient (Wildman–Crippen LogP) is 0.688. The van der Waals surface area contributed by atoms with Gasteiger partial charge >= 0.3 is 0 Å². The van der Waals surface area contributed by atoms with E-state index in [1.807, 2.05) is 0 Å². The van der Waals surface area contributed by atoms with E-state index in [0.717, 1.165) is 19.0 Å². The first-order valence-electron chi connectivity index (χ1n) is 5.72. The molecular formula is C11H25N3. The largest absolute Gasteiger partial charge is 0.329 e. The van der Waals surface area contributed by atoms with E-state index in [4.69, 9.17) is 11.5 Å². The minimum Gasteiger partial charge on any atom is -0.329 e. The second-order valence-electron chi connectivity index (χ2n) is 5.24. The number of rotatable bonds is 6. The Morgan fingerprint density at radius 1 is 1.43 bits per heavy atom. The molecule has 0 aromatic rings. The van der Waals surface area contributed by atoms with Gasteiger partial charge in [-0.3, -0.25) is 0 Å². The lowest BCUT2D eigenvalue weighted by atomic mass is 9.67. The highest BCUT2D eigenvalue weighted by atomic mass is 14.9. The second-order valence-corrected chi connectivity index (χ2v) is 5.24. The Hall–Kier alpha value is -0.120. The lowest BCUT2D eigenvalue weighted by Gasteiger charge is -2.40. The fourth-order valence-electron chi connectivity index (χ4n) is 2.00. The van der Waals surface area contributed by atoms with E-state index in [1.54, 1.807) is 0 Å². The van der Waals surface area contributed by atoms with Crippen molar-refractivity contribution in [1.82, 2.24) is 5.32 Å². The van der Waals surface area contributed by atoms with Crippen LogP contribution in [0.5, 0.6) is 0 Å². The van der Waals surface area contributed by atoms with Crippen molar-refractivity contribution >= 4 is 0 Å². The minimum absolute atomic E-state index is 0.104. The molecule has 1 fully saturated rings. The van der Waals surface area contributed by atoms with Crippen LogP contribution in [0.15, 0.2) is 0 Å². The van der Waals surface area contributed by atoms with E-state index in [9.17, 15) is 0 Å². The molecule has 84 valence electrons. The molecule has 1 atom stereocenters. The molecule has 0 amide bonds. The van der Waals surface area contributed by atoms with Crippen molar-refractivity contribution in [2.45, 2.75) is 39.2 Å². The van der Waals surface area contributed by atoms with Gasteiger partial charge < -0.3 is 16.8 Å². The summed E-state index contributed by atoms with van der Waals surface area (Å²) in [5, 5.41) is 3.42. The summed E-state index contributed by atoms with van der Waals surface area (Å²) in [4.78, 5) is 0. The van der Waals surface area contributed by atoms with E-state index in [2.05, 4.69) is 19.2 Å². The summed E-state index contributed by atoms with van der Waals surface area (Å²) in [5.41, 5.74) is 11.6. The second kappa shape index (κ2) is 5.10. The highest BCUT2D eigenvalue weighted by molar-refractivity contribution is 4.86. The zero-order valence-corrected chi connectivity index (χ0v) is 9.55. The highest BCUT2D eigenvalue weighted by Gasteiger charge is 2.33. The molecule has 1 aliphatic rings. The average molecular weight is 199 g/mol. The Balaban J connectivity index is 2.15. The molecule has 1 rings (SSSR count). The fraction of sp³-hybridized carbons (Fsp3) is 1.00. The molecule has 1 unspecified atom stereocenters. The van der Waals surface area contributed by atoms with Crippen molar-refractivity contribution in [1.29, 1.82) is 0 Å². The number of hydrogen-bond acceptors (Lipinski definition) is 3. The first-order chi connectivity index (χ1) is 6.56. The van der Waals surface area contributed by atoms with Crippen LogP contribution in [0.1, 0.15) is 33.1 Å². The van der Waals surface area contributed by atoms with E-state index < -0.39 is 0 Å². The monoisotopic (exact) mass is 199 g/mol. The summed E-state index contributed by atoms with van der Waals surface area (Å²) in [6.07, 6.45) is 4.21.